The lowest BCUT2D eigenvalue weighted by atomic mass is 10.2. The van der Waals surface area contributed by atoms with Gasteiger partial charge in [0.2, 0.25) is 10.0 Å². The van der Waals surface area contributed by atoms with E-state index >= 15 is 0 Å². The third-order valence-corrected chi connectivity index (χ3v) is 5.23. The summed E-state index contributed by atoms with van der Waals surface area (Å²) in [6, 6.07) is 8.97. The maximum atomic E-state index is 12.5. The predicted octanol–water partition coefficient (Wildman–Crippen LogP) is 4.04. The van der Waals surface area contributed by atoms with E-state index in [-0.39, 0.29) is 22.0 Å². The molecule has 13 heteroatoms. The van der Waals surface area contributed by atoms with E-state index in [0.717, 1.165) is 29.7 Å². The molecule has 0 fully saturated rings. The zero-order valence-electron chi connectivity index (χ0n) is 15.6. The average Bonchev–Trinajstić information content (AvgIpc) is 3.12. The smallest absolute Gasteiger partial charge is 0.506 e. The Kier molecular flexibility index (Phi) is 6.08. The number of aromatic nitrogens is 1. The minimum absolute atomic E-state index is 0.119. The van der Waals surface area contributed by atoms with Crippen LogP contribution in [-0.4, -0.2) is 37.0 Å². The summed E-state index contributed by atoms with van der Waals surface area (Å²) in [5.74, 6) is -1.33. The van der Waals surface area contributed by atoms with Gasteiger partial charge in [0.15, 0.2) is 0 Å². The molecular weight excluding hydrogens is 459 g/mol. The molecule has 2 aromatic carbocycles. The molecule has 3 rings (SSSR count). The normalized spacial score (nSPS) is 11.7. The van der Waals surface area contributed by atoms with Crippen molar-refractivity contribution in [1.29, 1.82) is 0 Å². The zero-order chi connectivity index (χ0) is 22.8. The number of phenolic OH excluding ortho intramolecular Hbond substituents is 1. The number of carbonyl (C=O) groups excluding carboxylic acids is 1. The fourth-order valence-corrected chi connectivity index (χ4v) is 3.80. The lowest BCUT2D eigenvalue weighted by molar-refractivity contribution is -0.274. The lowest BCUT2D eigenvalue weighted by Crippen LogP contribution is -2.17. The molecule has 0 bridgehead atoms. The van der Waals surface area contributed by atoms with E-state index in [0.29, 0.717) is 10.6 Å². The fourth-order valence-electron chi connectivity index (χ4n) is 2.43. The number of hydrogen-bond acceptors (Lipinski definition) is 7. The largest absolute Gasteiger partial charge is 0.573 e. The molecule has 0 saturated carbocycles. The van der Waals surface area contributed by atoms with E-state index in [1.54, 1.807) is 0 Å². The molecule has 0 unspecified atom stereocenters. The van der Waals surface area contributed by atoms with Crippen LogP contribution >= 0.6 is 11.3 Å². The van der Waals surface area contributed by atoms with Crippen molar-refractivity contribution in [3.63, 3.8) is 0 Å². The molecule has 164 valence electrons. The molecule has 3 aromatic rings. The number of thiazole rings is 1. The fraction of sp³-hybridized carbons (Fsp3) is 0.111. The van der Waals surface area contributed by atoms with Crippen molar-refractivity contribution in [3.8, 4) is 22.1 Å². The van der Waals surface area contributed by atoms with Crippen molar-refractivity contribution in [2.45, 2.75) is 6.36 Å². The van der Waals surface area contributed by atoms with Crippen molar-refractivity contribution in [2.75, 3.05) is 16.3 Å². The summed E-state index contributed by atoms with van der Waals surface area (Å²) >= 11 is 0.937. The van der Waals surface area contributed by atoms with Gasteiger partial charge in [-0.15, -0.1) is 24.5 Å². The number of anilines is 2. The average molecular weight is 473 g/mol. The number of nitrogens with one attached hydrogen (secondary N) is 2. The second-order valence-electron chi connectivity index (χ2n) is 6.17. The number of amides is 1. The molecule has 0 aliphatic rings. The molecule has 1 heterocycles. The van der Waals surface area contributed by atoms with Crippen LogP contribution in [0.2, 0.25) is 0 Å². The van der Waals surface area contributed by atoms with Gasteiger partial charge in [0, 0.05) is 11.3 Å². The van der Waals surface area contributed by atoms with Gasteiger partial charge in [0.05, 0.1) is 18.1 Å². The summed E-state index contributed by atoms with van der Waals surface area (Å²) in [7, 11) is -3.65. The summed E-state index contributed by atoms with van der Waals surface area (Å²) in [6.45, 7) is 0. The molecule has 1 aromatic heterocycles. The number of sulfonamides is 1. The third kappa shape index (κ3) is 6.33. The molecule has 0 atom stereocenters. The lowest BCUT2D eigenvalue weighted by Gasteiger charge is -2.09. The van der Waals surface area contributed by atoms with Crippen molar-refractivity contribution in [2.24, 2.45) is 0 Å². The molecule has 0 aliphatic carbocycles. The van der Waals surface area contributed by atoms with Crippen LogP contribution in [0.25, 0.3) is 10.6 Å². The number of phenols is 1. The standard InChI is InChI=1S/C18H14F3N3O5S2/c1-31(27,28)24-13-8-11(5-6-14(13)25)23-16(26)15-9-22-17(30-15)10-3-2-4-12(7-10)29-18(19,20)21/h2-9,24-25H,1H3,(H,23,26). The van der Waals surface area contributed by atoms with E-state index in [9.17, 15) is 31.5 Å². The first kappa shape index (κ1) is 22.4. The van der Waals surface area contributed by atoms with Gasteiger partial charge in [-0.3, -0.25) is 9.52 Å². The highest BCUT2D eigenvalue weighted by Crippen LogP contribution is 2.31. The maximum Gasteiger partial charge on any atom is 0.573 e. The van der Waals surface area contributed by atoms with Crippen molar-refractivity contribution in [3.05, 3.63) is 53.5 Å². The Labute approximate surface area is 178 Å². The predicted molar refractivity (Wildman–Crippen MR) is 109 cm³/mol. The number of carbonyl (C=O) groups is 1. The number of benzene rings is 2. The minimum atomic E-state index is -4.83. The van der Waals surface area contributed by atoms with E-state index in [4.69, 9.17) is 0 Å². The number of rotatable bonds is 6. The first-order valence-electron chi connectivity index (χ1n) is 8.34. The molecule has 0 saturated heterocycles. The summed E-state index contributed by atoms with van der Waals surface area (Å²) < 4.78 is 65.9. The molecule has 3 N–H and O–H groups in total. The summed E-state index contributed by atoms with van der Waals surface area (Å²) in [4.78, 5) is 16.7. The van der Waals surface area contributed by atoms with E-state index in [1.807, 2.05) is 0 Å². The van der Waals surface area contributed by atoms with E-state index in [1.165, 1.54) is 36.5 Å². The van der Waals surface area contributed by atoms with Gasteiger partial charge in [-0.05, 0) is 30.3 Å². The topological polar surface area (TPSA) is 118 Å². The highest BCUT2D eigenvalue weighted by molar-refractivity contribution is 7.92. The van der Waals surface area contributed by atoms with Crippen molar-refractivity contribution in [1.82, 2.24) is 4.98 Å². The molecule has 1 amide bonds. The maximum absolute atomic E-state index is 12.5. The number of halogens is 3. The highest BCUT2D eigenvalue weighted by atomic mass is 32.2. The van der Waals surface area contributed by atoms with Crippen LogP contribution in [0.15, 0.2) is 48.7 Å². The second kappa shape index (κ2) is 8.43. The highest BCUT2D eigenvalue weighted by Gasteiger charge is 2.31. The van der Waals surface area contributed by atoms with E-state index in [2.05, 4.69) is 19.8 Å². The quantitative estimate of drug-likeness (QED) is 0.368. The van der Waals surface area contributed by atoms with Gasteiger partial charge in [-0.2, -0.15) is 0 Å². The first-order valence-corrected chi connectivity index (χ1v) is 11.0. The third-order valence-electron chi connectivity index (χ3n) is 3.59. The van der Waals surface area contributed by atoms with Crippen LogP contribution in [0.4, 0.5) is 24.5 Å². The number of nitrogens with zero attached hydrogens (tertiary/aromatic N) is 1. The number of alkyl halides is 3. The molecule has 0 radical (unpaired) electrons. The monoisotopic (exact) mass is 473 g/mol. The van der Waals surface area contributed by atoms with Gasteiger partial charge in [-0.25, -0.2) is 13.4 Å². The second-order valence-corrected chi connectivity index (χ2v) is 8.94. The molecular formula is C18H14F3N3O5S2. The first-order chi connectivity index (χ1) is 14.4. The Morgan fingerprint density at radius 2 is 1.94 bits per heavy atom. The van der Waals surface area contributed by atoms with Crippen LogP contribution < -0.4 is 14.8 Å². The molecule has 0 aliphatic heterocycles. The minimum Gasteiger partial charge on any atom is -0.506 e. The Hall–Kier alpha value is -3.32. The Morgan fingerprint density at radius 1 is 1.19 bits per heavy atom. The summed E-state index contributed by atoms with van der Waals surface area (Å²) in [5.41, 5.74) is 0.409. The van der Waals surface area contributed by atoms with Crippen LogP contribution in [0.5, 0.6) is 11.5 Å². The van der Waals surface area contributed by atoms with Crippen LogP contribution in [0.3, 0.4) is 0 Å². The van der Waals surface area contributed by atoms with Crippen molar-refractivity contribution >= 4 is 38.6 Å². The molecule has 8 nitrogen and oxygen atoms in total. The Bertz CT molecular complexity index is 1230. The van der Waals surface area contributed by atoms with Crippen molar-refractivity contribution < 1.29 is 36.2 Å². The van der Waals surface area contributed by atoms with Gasteiger partial charge in [-0.1, -0.05) is 12.1 Å². The van der Waals surface area contributed by atoms with Gasteiger partial charge in [0.1, 0.15) is 21.4 Å². The number of aromatic hydroxyl groups is 1. The van der Waals surface area contributed by atoms with Crippen LogP contribution in [-0.2, 0) is 10.0 Å². The van der Waals surface area contributed by atoms with E-state index < -0.39 is 28.0 Å². The molecule has 0 spiro atoms. The molecule has 31 heavy (non-hydrogen) atoms. The van der Waals surface area contributed by atoms with Crippen LogP contribution in [0.1, 0.15) is 9.67 Å². The van der Waals surface area contributed by atoms with Crippen LogP contribution in [0, 0.1) is 0 Å². The summed E-state index contributed by atoms with van der Waals surface area (Å²) in [5, 5.41) is 12.6. The van der Waals surface area contributed by atoms with Gasteiger partial charge >= 0.3 is 6.36 Å². The summed E-state index contributed by atoms with van der Waals surface area (Å²) in [6.07, 6.45) is -2.67. The number of ether oxygens (including phenoxy) is 1. The number of hydrogen-bond donors (Lipinski definition) is 3. The SMILES string of the molecule is CS(=O)(=O)Nc1cc(NC(=O)c2cnc(-c3cccc(OC(F)(F)F)c3)s2)ccc1O. The Balaban J connectivity index is 1.77. The zero-order valence-corrected chi connectivity index (χ0v) is 17.2. The Morgan fingerprint density at radius 3 is 2.61 bits per heavy atom. The van der Waals surface area contributed by atoms with Gasteiger partial charge in [0.25, 0.3) is 5.91 Å². The van der Waals surface area contributed by atoms with Gasteiger partial charge < -0.3 is 15.2 Å².